The van der Waals surface area contributed by atoms with Gasteiger partial charge in [-0.05, 0) is 43.0 Å². The number of piperidine rings is 1. The molecule has 0 amide bonds. The van der Waals surface area contributed by atoms with Crippen molar-refractivity contribution in [3.63, 3.8) is 0 Å². The molecule has 1 N–H and O–H groups in total. The highest BCUT2D eigenvalue weighted by molar-refractivity contribution is 6.35. The van der Waals surface area contributed by atoms with Gasteiger partial charge in [0, 0.05) is 35.0 Å². The molecule has 0 atom stereocenters. The van der Waals surface area contributed by atoms with Crippen molar-refractivity contribution in [1.82, 2.24) is 9.97 Å². The van der Waals surface area contributed by atoms with Crippen LogP contribution in [-0.4, -0.2) is 23.1 Å². The predicted molar refractivity (Wildman–Crippen MR) is 92.4 cm³/mol. The van der Waals surface area contributed by atoms with Crippen LogP contribution in [0.1, 0.15) is 19.8 Å². The molecule has 0 unspecified atom stereocenters. The number of nitrogens with zero attached hydrogens (tertiary/aromatic N) is 3. The van der Waals surface area contributed by atoms with Crippen LogP contribution in [0.2, 0.25) is 10.0 Å². The van der Waals surface area contributed by atoms with Gasteiger partial charge in [-0.2, -0.15) is 4.98 Å². The first-order valence-corrected chi connectivity index (χ1v) is 8.17. The Morgan fingerprint density at radius 1 is 1.14 bits per heavy atom. The molecule has 116 valence electrons. The summed E-state index contributed by atoms with van der Waals surface area (Å²) in [6.07, 6.45) is 4.14. The smallest absolute Gasteiger partial charge is 0.227 e. The molecule has 1 aromatic carbocycles. The average molecular weight is 337 g/mol. The molecule has 1 saturated heterocycles. The van der Waals surface area contributed by atoms with Crippen LogP contribution in [-0.2, 0) is 0 Å². The third-order valence-corrected chi connectivity index (χ3v) is 4.28. The van der Waals surface area contributed by atoms with E-state index in [1.165, 1.54) is 12.8 Å². The number of halogens is 2. The Hall–Kier alpha value is -1.52. The third-order valence-electron chi connectivity index (χ3n) is 3.84. The standard InChI is InChI=1S/C16H18Cl2N4/c1-11-3-6-22(7-4-11)16-19-5-2-15(21-16)20-14-9-12(17)8-13(18)10-14/h2,5,8-11H,3-4,6-7H2,1H3,(H,19,20,21). The van der Waals surface area contributed by atoms with Gasteiger partial charge in [-0.3, -0.25) is 0 Å². The van der Waals surface area contributed by atoms with E-state index in [0.717, 1.165) is 36.5 Å². The maximum absolute atomic E-state index is 6.02. The van der Waals surface area contributed by atoms with Crippen molar-refractivity contribution >= 4 is 40.7 Å². The Labute approximate surface area is 140 Å². The van der Waals surface area contributed by atoms with Gasteiger partial charge >= 0.3 is 0 Å². The molecule has 0 saturated carbocycles. The van der Waals surface area contributed by atoms with Gasteiger partial charge in [0.15, 0.2) is 0 Å². The summed E-state index contributed by atoms with van der Waals surface area (Å²) in [7, 11) is 0. The lowest BCUT2D eigenvalue weighted by Gasteiger charge is -2.30. The summed E-state index contributed by atoms with van der Waals surface area (Å²) in [5.74, 6) is 2.29. The number of hydrogen-bond donors (Lipinski definition) is 1. The van der Waals surface area contributed by atoms with Crippen molar-refractivity contribution in [1.29, 1.82) is 0 Å². The molecule has 3 rings (SSSR count). The van der Waals surface area contributed by atoms with Crippen molar-refractivity contribution in [2.75, 3.05) is 23.3 Å². The van der Waals surface area contributed by atoms with Gasteiger partial charge in [-0.1, -0.05) is 30.1 Å². The summed E-state index contributed by atoms with van der Waals surface area (Å²) in [5.41, 5.74) is 0.814. The van der Waals surface area contributed by atoms with Crippen LogP contribution in [0.5, 0.6) is 0 Å². The van der Waals surface area contributed by atoms with Crippen molar-refractivity contribution < 1.29 is 0 Å². The Morgan fingerprint density at radius 3 is 2.50 bits per heavy atom. The number of nitrogens with one attached hydrogen (secondary N) is 1. The first-order valence-electron chi connectivity index (χ1n) is 7.41. The molecule has 0 radical (unpaired) electrons. The normalized spacial score (nSPS) is 15.9. The largest absolute Gasteiger partial charge is 0.341 e. The fourth-order valence-corrected chi connectivity index (χ4v) is 3.08. The molecule has 1 fully saturated rings. The van der Waals surface area contributed by atoms with Crippen LogP contribution in [0, 0.1) is 5.92 Å². The van der Waals surface area contributed by atoms with Crippen LogP contribution in [0.3, 0.4) is 0 Å². The van der Waals surface area contributed by atoms with Crippen LogP contribution < -0.4 is 10.2 Å². The Morgan fingerprint density at radius 2 is 1.82 bits per heavy atom. The van der Waals surface area contributed by atoms with Crippen LogP contribution >= 0.6 is 23.2 Å². The summed E-state index contributed by atoms with van der Waals surface area (Å²) < 4.78 is 0. The van der Waals surface area contributed by atoms with E-state index in [4.69, 9.17) is 23.2 Å². The van der Waals surface area contributed by atoms with E-state index in [9.17, 15) is 0 Å². The van der Waals surface area contributed by atoms with E-state index < -0.39 is 0 Å². The molecule has 0 bridgehead atoms. The van der Waals surface area contributed by atoms with E-state index >= 15 is 0 Å². The minimum absolute atomic E-state index is 0.592. The van der Waals surface area contributed by atoms with Crippen molar-refractivity contribution in [3.8, 4) is 0 Å². The zero-order valence-electron chi connectivity index (χ0n) is 12.4. The molecular weight excluding hydrogens is 319 g/mol. The Kier molecular flexibility index (Phi) is 4.69. The summed E-state index contributed by atoms with van der Waals surface area (Å²) in [4.78, 5) is 11.2. The summed E-state index contributed by atoms with van der Waals surface area (Å²) in [6, 6.07) is 7.18. The van der Waals surface area contributed by atoms with Gasteiger partial charge < -0.3 is 10.2 Å². The molecule has 6 heteroatoms. The highest BCUT2D eigenvalue weighted by atomic mass is 35.5. The molecule has 22 heavy (non-hydrogen) atoms. The molecule has 4 nitrogen and oxygen atoms in total. The lowest BCUT2D eigenvalue weighted by atomic mass is 10.00. The van der Waals surface area contributed by atoms with Gasteiger partial charge in [-0.25, -0.2) is 4.98 Å². The highest BCUT2D eigenvalue weighted by Crippen LogP contribution is 2.26. The molecule has 2 aromatic rings. The molecule has 1 aliphatic rings. The second-order valence-corrected chi connectivity index (χ2v) is 6.57. The van der Waals surface area contributed by atoms with E-state index in [-0.39, 0.29) is 0 Å². The van der Waals surface area contributed by atoms with Gasteiger partial charge in [-0.15, -0.1) is 0 Å². The Balaban J connectivity index is 1.76. The number of benzene rings is 1. The van der Waals surface area contributed by atoms with E-state index in [0.29, 0.717) is 10.0 Å². The second kappa shape index (κ2) is 6.71. The number of anilines is 3. The fourth-order valence-electron chi connectivity index (χ4n) is 2.55. The summed E-state index contributed by atoms with van der Waals surface area (Å²) in [6.45, 7) is 4.31. The van der Waals surface area contributed by atoms with Gasteiger partial charge in [0.1, 0.15) is 5.82 Å². The van der Waals surface area contributed by atoms with Crippen molar-refractivity contribution in [2.24, 2.45) is 5.92 Å². The zero-order chi connectivity index (χ0) is 15.5. The fraction of sp³-hybridized carbons (Fsp3) is 0.375. The second-order valence-electron chi connectivity index (χ2n) is 5.69. The van der Waals surface area contributed by atoms with Crippen LogP contribution in [0.25, 0.3) is 0 Å². The van der Waals surface area contributed by atoms with E-state index in [1.54, 1.807) is 12.3 Å². The van der Waals surface area contributed by atoms with E-state index in [1.807, 2.05) is 18.2 Å². The van der Waals surface area contributed by atoms with Crippen LogP contribution in [0.15, 0.2) is 30.5 Å². The third kappa shape index (κ3) is 3.81. The molecule has 0 aliphatic carbocycles. The lowest BCUT2D eigenvalue weighted by molar-refractivity contribution is 0.434. The van der Waals surface area contributed by atoms with Crippen LogP contribution in [0.4, 0.5) is 17.5 Å². The molecule has 2 heterocycles. The van der Waals surface area contributed by atoms with Crippen molar-refractivity contribution in [3.05, 3.63) is 40.5 Å². The number of hydrogen-bond acceptors (Lipinski definition) is 4. The topological polar surface area (TPSA) is 41.1 Å². The minimum Gasteiger partial charge on any atom is -0.341 e. The average Bonchev–Trinajstić information content (AvgIpc) is 2.47. The SMILES string of the molecule is CC1CCN(c2nccc(Nc3cc(Cl)cc(Cl)c3)n2)CC1. The number of aromatic nitrogens is 2. The lowest BCUT2D eigenvalue weighted by Crippen LogP contribution is -2.34. The van der Waals surface area contributed by atoms with E-state index in [2.05, 4.69) is 27.1 Å². The molecule has 0 spiro atoms. The van der Waals surface area contributed by atoms with Crippen molar-refractivity contribution in [2.45, 2.75) is 19.8 Å². The Bertz CT molecular complexity index is 634. The first-order chi connectivity index (χ1) is 10.6. The zero-order valence-corrected chi connectivity index (χ0v) is 13.9. The van der Waals surface area contributed by atoms with Gasteiger partial charge in [0.2, 0.25) is 5.95 Å². The predicted octanol–water partition coefficient (Wildman–Crippen LogP) is 4.76. The quantitative estimate of drug-likeness (QED) is 0.876. The molecule has 1 aromatic heterocycles. The summed E-state index contributed by atoms with van der Waals surface area (Å²) >= 11 is 12.0. The molecule has 1 aliphatic heterocycles. The highest BCUT2D eigenvalue weighted by Gasteiger charge is 2.18. The molecular formula is C16H18Cl2N4. The maximum Gasteiger partial charge on any atom is 0.227 e. The monoisotopic (exact) mass is 336 g/mol. The summed E-state index contributed by atoms with van der Waals surface area (Å²) in [5, 5.41) is 4.41. The first kappa shape index (κ1) is 15.4. The maximum atomic E-state index is 6.02. The van der Waals surface area contributed by atoms with Gasteiger partial charge in [0.05, 0.1) is 0 Å². The minimum atomic E-state index is 0.592. The van der Waals surface area contributed by atoms with Gasteiger partial charge in [0.25, 0.3) is 0 Å². The number of rotatable bonds is 3.